The fourth-order valence-electron chi connectivity index (χ4n) is 3.86. The first-order chi connectivity index (χ1) is 14.5. The molecule has 1 aliphatic heterocycles. The molecule has 4 nitrogen and oxygen atoms in total. The van der Waals surface area contributed by atoms with Crippen LogP contribution in [0.3, 0.4) is 0 Å². The molecule has 0 N–H and O–H groups in total. The third-order valence-corrected chi connectivity index (χ3v) is 5.22. The van der Waals surface area contributed by atoms with Crippen molar-refractivity contribution in [3.05, 3.63) is 110 Å². The van der Waals surface area contributed by atoms with E-state index in [1.54, 1.807) is 24.3 Å². The minimum absolute atomic E-state index is 0.110. The van der Waals surface area contributed by atoms with Crippen molar-refractivity contribution >= 4 is 10.9 Å². The monoisotopic (exact) mass is 400 g/mol. The molecule has 5 rings (SSSR count). The first-order valence-electron chi connectivity index (χ1n) is 9.38. The molecular formula is C24H14F2N2O2. The standard InChI is InChI=1S/C24H14F2N2O2/c25-19-13-16(10-9-15-5-2-1-3-6-15)14-20(26)22(19)28-23(29)18-8-4-7-17-11-12-27(21(17)18)24(28)30/h1-8,13-14H,11-12H2. The van der Waals surface area contributed by atoms with Gasteiger partial charge in [0.2, 0.25) is 0 Å². The summed E-state index contributed by atoms with van der Waals surface area (Å²) < 4.78 is 31.8. The molecule has 0 bridgehead atoms. The average molecular weight is 400 g/mol. The lowest BCUT2D eigenvalue weighted by molar-refractivity contribution is 0.556. The van der Waals surface area contributed by atoms with Gasteiger partial charge in [-0.1, -0.05) is 42.2 Å². The molecule has 1 aromatic heterocycles. The van der Waals surface area contributed by atoms with Crippen molar-refractivity contribution in [2.24, 2.45) is 0 Å². The summed E-state index contributed by atoms with van der Waals surface area (Å²) in [5.74, 6) is 3.50. The number of hydrogen-bond acceptors (Lipinski definition) is 2. The fraction of sp³-hybridized carbons (Fsp3) is 0.0833. The minimum atomic E-state index is -1.02. The number of para-hydroxylation sites is 1. The Morgan fingerprint density at radius 3 is 2.27 bits per heavy atom. The van der Waals surface area contributed by atoms with Gasteiger partial charge in [0, 0.05) is 17.7 Å². The normalized spacial score (nSPS) is 12.1. The van der Waals surface area contributed by atoms with E-state index in [0.717, 1.165) is 17.7 Å². The Hall–Kier alpha value is -3.98. The lowest BCUT2D eigenvalue weighted by atomic mass is 10.1. The zero-order valence-corrected chi connectivity index (χ0v) is 15.7. The second-order valence-corrected chi connectivity index (χ2v) is 7.04. The Balaban J connectivity index is 1.70. The summed E-state index contributed by atoms with van der Waals surface area (Å²) in [4.78, 5) is 25.9. The molecule has 30 heavy (non-hydrogen) atoms. The maximum absolute atomic E-state index is 14.9. The van der Waals surface area contributed by atoms with E-state index in [0.29, 0.717) is 28.6 Å². The van der Waals surface area contributed by atoms with Gasteiger partial charge in [-0.05, 0) is 42.3 Å². The second kappa shape index (κ2) is 6.82. The van der Waals surface area contributed by atoms with Gasteiger partial charge in [-0.3, -0.25) is 9.36 Å². The minimum Gasteiger partial charge on any atom is -0.292 e. The predicted molar refractivity (Wildman–Crippen MR) is 110 cm³/mol. The maximum atomic E-state index is 14.9. The Morgan fingerprint density at radius 2 is 1.53 bits per heavy atom. The largest absolute Gasteiger partial charge is 0.336 e. The topological polar surface area (TPSA) is 44.0 Å². The van der Waals surface area contributed by atoms with Crippen molar-refractivity contribution in [3.63, 3.8) is 0 Å². The SMILES string of the molecule is O=c1c2cccc3c2n(c(=O)n1-c1c(F)cc(C#Cc2ccccc2)cc1F)CC3. The van der Waals surface area contributed by atoms with E-state index in [2.05, 4.69) is 11.8 Å². The van der Waals surface area contributed by atoms with Crippen molar-refractivity contribution < 1.29 is 8.78 Å². The van der Waals surface area contributed by atoms with E-state index in [1.807, 2.05) is 24.3 Å². The van der Waals surface area contributed by atoms with Crippen molar-refractivity contribution in [3.8, 4) is 17.5 Å². The molecular weight excluding hydrogens is 386 g/mol. The van der Waals surface area contributed by atoms with Gasteiger partial charge in [0.25, 0.3) is 5.56 Å². The van der Waals surface area contributed by atoms with Gasteiger partial charge >= 0.3 is 5.69 Å². The zero-order valence-electron chi connectivity index (χ0n) is 15.7. The van der Waals surface area contributed by atoms with Crippen LogP contribution in [0.2, 0.25) is 0 Å². The summed E-state index contributed by atoms with van der Waals surface area (Å²) in [6.07, 6.45) is 0.592. The molecule has 0 amide bonds. The van der Waals surface area contributed by atoms with Crippen LogP contribution in [0.25, 0.3) is 16.6 Å². The van der Waals surface area contributed by atoms with Crippen molar-refractivity contribution in [1.82, 2.24) is 9.13 Å². The number of hydrogen-bond donors (Lipinski definition) is 0. The summed E-state index contributed by atoms with van der Waals surface area (Å²) in [6.45, 7) is 0.360. The lowest BCUT2D eigenvalue weighted by Gasteiger charge is -2.12. The van der Waals surface area contributed by atoms with E-state index in [-0.39, 0.29) is 10.9 Å². The highest BCUT2D eigenvalue weighted by atomic mass is 19.1. The number of benzene rings is 3. The highest BCUT2D eigenvalue weighted by molar-refractivity contribution is 5.83. The van der Waals surface area contributed by atoms with Crippen molar-refractivity contribution in [2.75, 3.05) is 0 Å². The molecule has 4 aromatic rings. The van der Waals surface area contributed by atoms with Crippen LogP contribution in [0.4, 0.5) is 8.78 Å². The van der Waals surface area contributed by atoms with Gasteiger partial charge in [-0.2, -0.15) is 0 Å². The highest BCUT2D eigenvalue weighted by Gasteiger charge is 2.24. The summed E-state index contributed by atoms with van der Waals surface area (Å²) in [5, 5.41) is 0.261. The summed E-state index contributed by atoms with van der Waals surface area (Å²) >= 11 is 0. The molecule has 0 fully saturated rings. The van der Waals surface area contributed by atoms with Crippen LogP contribution < -0.4 is 11.2 Å². The lowest BCUT2D eigenvalue weighted by Crippen LogP contribution is -2.39. The Morgan fingerprint density at radius 1 is 0.833 bits per heavy atom. The van der Waals surface area contributed by atoms with E-state index >= 15 is 0 Å². The number of aryl methyl sites for hydroxylation is 2. The molecule has 0 radical (unpaired) electrons. The molecule has 6 heteroatoms. The molecule has 146 valence electrons. The van der Waals surface area contributed by atoms with Gasteiger partial charge in [-0.15, -0.1) is 0 Å². The Kier molecular flexibility index (Phi) is 4.11. The van der Waals surface area contributed by atoms with Gasteiger partial charge < -0.3 is 0 Å². The third kappa shape index (κ3) is 2.75. The smallest absolute Gasteiger partial charge is 0.292 e. The van der Waals surface area contributed by atoms with Crippen LogP contribution in [0.1, 0.15) is 16.7 Å². The van der Waals surface area contributed by atoms with Crippen LogP contribution >= 0.6 is 0 Å². The molecule has 0 saturated carbocycles. The van der Waals surface area contributed by atoms with E-state index in [9.17, 15) is 18.4 Å². The average Bonchev–Trinajstić information content (AvgIpc) is 3.18. The molecule has 2 heterocycles. The molecule has 3 aromatic carbocycles. The van der Waals surface area contributed by atoms with E-state index in [1.165, 1.54) is 4.57 Å². The van der Waals surface area contributed by atoms with Gasteiger partial charge in [0.1, 0.15) is 5.69 Å². The van der Waals surface area contributed by atoms with Gasteiger partial charge in [-0.25, -0.2) is 18.1 Å². The molecule has 0 atom stereocenters. The van der Waals surface area contributed by atoms with Crippen molar-refractivity contribution in [1.29, 1.82) is 0 Å². The zero-order chi connectivity index (χ0) is 20.8. The molecule has 0 aliphatic carbocycles. The van der Waals surface area contributed by atoms with Crippen LogP contribution in [0.5, 0.6) is 0 Å². The molecule has 0 spiro atoms. The first kappa shape index (κ1) is 18.1. The van der Waals surface area contributed by atoms with Crippen molar-refractivity contribution in [2.45, 2.75) is 13.0 Å². The third-order valence-electron chi connectivity index (χ3n) is 5.22. The second-order valence-electron chi connectivity index (χ2n) is 7.04. The quantitative estimate of drug-likeness (QED) is 0.460. The van der Waals surface area contributed by atoms with Crippen LogP contribution in [-0.4, -0.2) is 9.13 Å². The van der Waals surface area contributed by atoms with Crippen LogP contribution in [0.15, 0.2) is 70.3 Å². The molecule has 0 unspecified atom stereocenters. The summed E-state index contributed by atoms with van der Waals surface area (Å²) in [7, 11) is 0. The Labute approximate surface area is 169 Å². The molecule has 0 saturated heterocycles. The number of halogens is 2. The first-order valence-corrected chi connectivity index (χ1v) is 9.38. The van der Waals surface area contributed by atoms with Gasteiger partial charge in [0.05, 0.1) is 10.9 Å². The molecule has 1 aliphatic rings. The number of aromatic nitrogens is 2. The summed E-state index contributed by atoms with van der Waals surface area (Å²) in [5.41, 5.74) is 0.0485. The van der Waals surface area contributed by atoms with Gasteiger partial charge in [0.15, 0.2) is 11.6 Å². The maximum Gasteiger partial charge on any atom is 0.336 e. The number of rotatable bonds is 1. The van der Waals surface area contributed by atoms with E-state index in [4.69, 9.17) is 0 Å². The predicted octanol–water partition coefficient (Wildman–Crippen LogP) is 3.39. The summed E-state index contributed by atoms with van der Waals surface area (Å²) in [6, 6.07) is 16.2. The fourth-order valence-corrected chi connectivity index (χ4v) is 3.86. The highest BCUT2D eigenvalue weighted by Crippen LogP contribution is 2.23. The van der Waals surface area contributed by atoms with Crippen LogP contribution in [-0.2, 0) is 13.0 Å². The van der Waals surface area contributed by atoms with E-state index < -0.39 is 28.6 Å². The van der Waals surface area contributed by atoms with Crippen LogP contribution in [0, 0.1) is 23.5 Å². The Bertz CT molecular complexity index is 1480. The number of nitrogens with zero attached hydrogens (tertiary/aromatic N) is 2.